The molecule has 2 spiro atoms. The molecule has 5 aliphatic carbocycles. The molecule has 276 valence electrons. The SMILES string of the molecule is CCCCCCCCCO[C@H]1CC[C@H](C2CCC3(CC2)C(=O)C2(CCC([C@H]4CC[C@H](OCCCCCCCCC)CC4)CC2)C3=O)CC1. The van der Waals surface area contributed by atoms with Gasteiger partial charge < -0.3 is 9.47 Å². The van der Waals surface area contributed by atoms with Gasteiger partial charge in [-0.15, -0.1) is 0 Å². The van der Waals surface area contributed by atoms with Gasteiger partial charge in [0.25, 0.3) is 0 Å². The number of carbonyl (C=O) groups excluding carboxylic acids is 2. The Hall–Kier alpha value is -0.740. The molecule has 4 heteroatoms. The number of rotatable bonds is 20. The molecule has 5 fully saturated rings. The van der Waals surface area contributed by atoms with Gasteiger partial charge in [-0.05, 0) is 139 Å². The summed E-state index contributed by atoms with van der Waals surface area (Å²) in [6.45, 7) is 6.44. The fraction of sp³-hybridized carbons (Fsp3) is 0.955. The van der Waals surface area contributed by atoms with Crippen LogP contribution in [0, 0.1) is 34.5 Å². The molecular formula is C44H76O4. The molecule has 0 radical (unpaired) electrons. The van der Waals surface area contributed by atoms with Crippen molar-refractivity contribution in [2.24, 2.45) is 34.5 Å². The van der Waals surface area contributed by atoms with Crippen molar-refractivity contribution in [1.29, 1.82) is 0 Å². The quantitative estimate of drug-likeness (QED) is 0.0957. The zero-order valence-corrected chi connectivity index (χ0v) is 31.7. The monoisotopic (exact) mass is 669 g/mol. The van der Waals surface area contributed by atoms with Crippen molar-refractivity contribution in [3.63, 3.8) is 0 Å². The largest absolute Gasteiger partial charge is 0.378 e. The van der Waals surface area contributed by atoms with Crippen LogP contribution in [0.5, 0.6) is 0 Å². The third-order valence-electron chi connectivity index (χ3n) is 14.5. The second-order valence-corrected chi connectivity index (χ2v) is 17.6. The fourth-order valence-electron chi connectivity index (χ4n) is 11.2. The summed E-state index contributed by atoms with van der Waals surface area (Å²) in [4.78, 5) is 27.9. The fourth-order valence-corrected chi connectivity index (χ4v) is 11.2. The van der Waals surface area contributed by atoms with Crippen molar-refractivity contribution in [2.75, 3.05) is 13.2 Å². The van der Waals surface area contributed by atoms with Gasteiger partial charge in [-0.3, -0.25) is 9.59 Å². The van der Waals surface area contributed by atoms with Crippen LogP contribution in [0.15, 0.2) is 0 Å². The maximum Gasteiger partial charge on any atom is 0.159 e. The van der Waals surface area contributed by atoms with E-state index in [1.54, 1.807) is 0 Å². The highest BCUT2D eigenvalue weighted by Gasteiger charge is 2.71. The minimum Gasteiger partial charge on any atom is -0.378 e. The van der Waals surface area contributed by atoms with Crippen LogP contribution in [-0.4, -0.2) is 37.0 Å². The maximum absolute atomic E-state index is 13.9. The summed E-state index contributed by atoms with van der Waals surface area (Å²) in [5.74, 6) is 3.72. The molecule has 0 aromatic carbocycles. The molecule has 4 nitrogen and oxygen atoms in total. The van der Waals surface area contributed by atoms with Crippen LogP contribution in [0.1, 0.15) is 206 Å². The van der Waals surface area contributed by atoms with Crippen LogP contribution in [-0.2, 0) is 19.1 Å². The summed E-state index contributed by atoms with van der Waals surface area (Å²) in [5, 5.41) is 0. The van der Waals surface area contributed by atoms with E-state index in [4.69, 9.17) is 9.47 Å². The van der Waals surface area contributed by atoms with Crippen LogP contribution in [0.3, 0.4) is 0 Å². The molecule has 0 heterocycles. The van der Waals surface area contributed by atoms with Crippen molar-refractivity contribution in [1.82, 2.24) is 0 Å². The van der Waals surface area contributed by atoms with E-state index in [1.807, 2.05) is 0 Å². The Morgan fingerprint density at radius 2 is 0.708 bits per heavy atom. The molecule has 5 aliphatic rings. The Balaban J connectivity index is 0.931. The first-order valence-electron chi connectivity index (χ1n) is 21.9. The third kappa shape index (κ3) is 9.77. The topological polar surface area (TPSA) is 52.6 Å². The highest BCUT2D eigenvalue weighted by molar-refractivity contribution is 6.30. The van der Waals surface area contributed by atoms with E-state index in [0.29, 0.717) is 35.6 Å². The number of hydrogen-bond acceptors (Lipinski definition) is 4. The Morgan fingerprint density at radius 1 is 0.417 bits per heavy atom. The van der Waals surface area contributed by atoms with E-state index in [0.717, 1.165) is 76.4 Å². The van der Waals surface area contributed by atoms with Gasteiger partial charge in [0.15, 0.2) is 11.6 Å². The van der Waals surface area contributed by atoms with Crippen LogP contribution >= 0.6 is 0 Å². The summed E-state index contributed by atoms with van der Waals surface area (Å²) in [6, 6.07) is 0. The molecule has 0 aromatic rings. The van der Waals surface area contributed by atoms with E-state index < -0.39 is 10.8 Å². The lowest BCUT2D eigenvalue weighted by molar-refractivity contribution is -0.179. The molecule has 5 saturated carbocycles. The van der Waals surface area contributed by atoms with Crippen molar-refractivity contribution in [3.8, 4) is 0 Å². The van der Waals surface area contributed by atoms with Crippen LogP contribution in [0.4, 0.5) is 0 Å². The molecule has 0 bridgehead atoms. The number of Topliss-reactive ketones (excluding diaryl/α,β-unsaturated/α-hetero) is 2. The van der Waals surface area contributed by atoms with E-state index in [-0.39, 0.29) is 0 Å². The minimum absolute atomic E-state index is 0.377. The Morgan fingerprint density at radius 3 is 1.04 bits per heavy atom. The van der Waals surface area contributed by atoms with Gasteiger partial charge in [-0.25, -0.2) is 0 Å². The zero-order valence-electron chi connectivity index (χ0n) is 31.7. The summed E-state index contributed by atoms with van der Waals surface area (Å²) < 4.78 is 12.6. The zero-order chi connectivity index (χ0) is 33.7. The summed E-state index contributed by atoms with van der Waals surface area (Å²) >= 11 is 0. The molecule has 0 atom stereocenters. The normalized spacial score (nSPS) is 35.7. The van der Waals surface area contributed by atoms with Gasteiger partial charge in [0.1, 0.15) is 0 Å². The van der Waals surface area contributed by atoms with Crippen LogP contribution in [0.25, 0.3) is 0 Å². The molecule has 5 rings (SSSR count). The second-order valence-electron chi connectivity index (χ2n) is 17.6. The summed E-state index contributed by atoms with van der Waals surface area (Å²) in [7, 11) is 0. The molecule has 0 N–H and O–H groups in total. The molecule has 0 aromatic heterocycles. The molecule has 0 amide bonds. The highest BCUT2D eigenvalue weighted by atomic mass is 16.5. The van der Waals surface area contributed by atoms with Gasteiger partial charge in [-0.2, -0.15) is 0 Å². The van der Waals surface area contributed by atoms with Crippen LogP contribution in [0.2, 0.25) is 0 Å². The van der Waals surface area contributed by atoms with Crippen molar-refractivity contribution in [2.45, 2.75) is 219 Å². The van der Waals surface area contributed by atoms with E-state index in [1.165, 1.54) is 141 Å². The predicted molar refractivity (Wildman–Crippen MR) is 198 cm³/mol. The molecule has 0 saturated heterocycles. The first kappa shape index (κ1) is 38.5. The van der Waals surface area contributed by atoms with Crippen LogP contribution < -0.4 is 0 Å². The summed E-state index contributed by atoms with van der Waals surface area (Å²) in [5.41, 5.74) is -1.18. The molecule has 48 heavy (non-hydrogen) atoms. The second kappa shape index (κ2) is 19.8. The van der Waals surface area contributed by atoms with E-state index in [2.05, 4.69) is 13.8 Å². The molecule has 0 aliphatic heterocycles. The van der Waals surface area contributed by atoms with E-state index in [9.17, 15) is 9.59 Å². The Labute approximate surface area is 296 Å². The van der Waals surface area contributed by atoms with Gasteiger partial charge in [0.05, 0.1) is 23.0 Å². The first-order chi connectivity index (χ1) is 23.5. The lowest BCUT2D eigenvalue weighted by Gasteiger charge is -2.58. The highest BCUT2D eigenvalue weighted by Crippen LogP contribution is 2.62. The predicted octanol–water partition coefficient (Wildman–Crippen LogP) is 12.1. The van der Waals surface area contributed by atoms with Gasteiger partial charge in [0.2, 0.25) is 0 Å². The average molecular weight is 669 g/mol. The third-order valence-corrected chi connectivity index (χ3v) is 14.5. The Kier molecular flexibility index (Phi) is 15.8. The number of ether oxygens (including phenoxy) is 2. The van der Waals surface area contributed by atoms with Crippen molar-refractivity contribution in [3.05, 3.63) is 0 Å². The maximum atomic E-state index is 13.9. The van der Waals surface area contributed by atoms with Gasteiger partial charge in [-0.1, -0.05) is 90.9 Å². The first-order valence-corrected chi connectivity index (χ1v) is 21.9. The van der Waals surface area contributed by atoms with Gasteiger partial charge in [0, 0.05) is 13.2 Å². The lowest BCUT2D eigenvalue weighted by Crippen LogP contribution is -2.68. The standard InChI is InChI=1S/C44H76O4/c1-3-5-7-9-11-13-15-33-47-39-21-17-35(18-22-39)37-25-29-43(30-26-37)41(45)44(42(43)46)31-27-38(28-32-44)36-19-23-40(24-20-36)48-34-16-14-12-10-8-6-4-2/h35-40H,3-34H2,1-2H3/t35-,36-,37?,38?,39-,40-,43?,44?. The number of hydrogen-bond donors (Lipinski definition) is 0. The van der Waals surface area contributed by atoms with Crippen molar-refractivity contribution < 1.29 is 19.1 Å². The Bertz CT molecular complexity index is 834. The number of carbonyl (C=O) groups is 2. The molecule has 0 unspecified atom stereocenters. The lowest BCUT2D eigenvalue weighted by atomic mass is 9.41. The minimum atomic E-state index is -0.592. The van der Waals surface area contributed by atoms with E-state index >= 15 is 0 Å². The number of ketones is 2. The van der Waals surface area contributed by atoms with Gasteiger partial charge >= 0.3 is 0 Å². The van der Waals surface area contributed by atoms with Crippen molar-refractivity contribution >= 4 is 11.6 Å². The summed E-state index contributed by atoms with van der Waals surface area (Å²) in [6.07, 6.45) is 37.4. The average Bonchev–Trinajstić information content (AvgIpc) is 3.14. The molecular weight excluding hydrogens is 592 g/mol. The number of unbranched alkanes of at least 4 members (excludes halogenated alkanes) is 12. The smallest absolute Gasteiger partial charge is 0.159 e.